The molecule has 1 fully saturated rings. The van der Waals surface area contributed by atoms with Gasteiger partial charge in [0.2, 0.25) is 0 Å². The summed E-state index contributed by atoms with van der Waals surface area (Å²) in [5, 5.41) is 0. The summed E-state index contributed by atoms with van der Waals surface area (Å²) in [4.78, 5) is 2.50. The molecule has 1 aliphatic rings. The van der Waals surface area contributed by atoms with Gasteiger partial charge >= 0.3 is 0 Å². The smallest absolute Gasteiger partial charge is 0.0217 e. The van der Waals surface area contributed by atoms with Crippen LogP contribution in [0.2, 0.25) is 0 Å². The minimum atomic E-state index is 0.214. The Hall–Kier alpha value is -0.0800. The molecular weight excluding hydrogens is 196 g/mol. The molecule has 0 aliphatic heterocycles. The lowest BCUT2D eigenvalue weighted by atomic mass is 9.83. The standard InChI is InChI=1S/C14H30N2/c1-11-8-6-7-9-12(11)16(5)10-13(15)14(2,3)4/h11-13H,6-10,15H2,1-5H3. The molecule has 2 nitrogen and oxygen atoms in total. The molecule has 2 heteroatoms. The maximum absolute atomic E-state index is 6.26. The quantitative estimate of drug-likeness (QED) is 0.802. The van der Waals surface area contributed by atoms with E-state index in [2.05, 4.69) is 39.6 Å². The number of hydrogen-bond donors (Lipinski definition) is 1. The summed E-state index contributed by atoms with van der Waals surface area (Å²) in [7, 11) is 2.25. The van der Waals surface area contributed by atoms with E-state index in [-0.39, 0.29) is 11.5 Å². The van der Waals surface area contributed by atoms with Crippen LogP contribution in [-0.4, -0.2) is 30.6 Å². The van der Waals surface area contributed by atoms with Crippen LogP contribution >= 0.6 is 0 Å². The van der Waals surface area contributed by atoms with Gasteiger partial charge in [-0.3, -0.25) is 0 Å². The van der Waals surface area contributed by atoms with Crippen LogP contribution < -0.4 is 5.73 Å². The topological polar surface area (TPSA) is 29.3 Å². The SMILES string of the molecule is CC1CCCCC1N(C)CC(N)C(C)(C)C. The molecule has 0 saturated heterocycles. The number of rotatable bonds is 3. The lowest BCUT2D eigenvalue weighted by Gasteiger charge is -2.39. The molecule has 3 unspecified atom stereocenters. The normalized spacial score (nSPS) is 29.4. The van der Waals surface area contributed by atoms with Crippen LogP contribution in [-0.2, 0) is 0 Å². The third-order valence-corrected chi connectivity index (χ3v) is 4.23. The van der Waals surface area contributed by atoms with Crippen LogP contribution in [0.4, 0.5) is 0 Å². The Morgan fingerprint density at radius 3 is 2.31 bits per heavy atom. The molecule has 96 valence electrons. The molecule has 0 aromatic heterocycles. The molecule has 0 aromatic carbocycles. The lowest BCUT2D eigenvalue weighted by molar-refractivity contribution is 0.114. The van der Waals surface area contributed by atoms with Crippen molar-refractivity contribution in [3.63, 3.8) is 0 Å². The lowest BCUT2D eigenvalue weighted by Crippen LogP contribution is -2.49. The van der Waals surface area contributed by atoms with Gasteiger partial charge in [-0.05, 0) is 31.2 Å². The predicted octanol–water partition coefficient (Wildman–Crippen LogP) is 2.87. The van der Waals surface area contributed by atoms with E-state index >= 15 is 0 Å². The van der Waals surface area contributed by atoms with Gasteiger partial charge in [0, 0.05) is 18.6 Å². The Balaban J connectivity index is 2.47. The molecule has 3 atom stereocenters. The highest BCUT2D eigenvalue weighted by molar-refractivity contribution is 4.85. The average molecular weight is 226 g/mol. The van der Waals surface area contributed by atoms with Crippen LogP contribution in [0.3, 0.4) is 0 Å². The average Bonchev–Trinajstić information content (AvgIpc) is 2.16. The molecule has 0 heterocycles. The third kappa shape index (κ3) is 3.74. The van der Waals surface area contributed by atoms with Crippen molar-refractivity contribution >= 4 is 0 Å². The van der Waals surface area contributed by atoms with E-state index in [0.29, 0.717) is 0 Å². The maximum Gasteiger partial charge on any atom is 0.0217 e. The highest BCUT2D eigenvalue weighted by atomic mass is 15.1. The fourth-order valence-electron chi connectivity index (χ4n) is 2.67. The molecular formula is C14H30N2. The van der Waals surface area contributed by atoms with E-state index in [1.165, 1.54) is 25.7 Å². The summed E-state index contributed by atoms with van der Waals surface area (Å²) >= 11 is 0. The first-order valence-corrected chi connectivity index (χ1v) is 6.78. The van der Waals surface area contributed by atoms with E-state index in [0.717, 1.165) is 18.5 Å². The zero-order chi connectivity index (χ0) is 12.3. The second-order valence-electron chi connectivity index (χ2n) is 6.74. The van der Waals surface area contributed by atoms with Crippen LogP contribution in [0, 0.1) is 11.3 Å². The fraction of sp³-hybridized carbons (Fsp3) is 1.00. The van der Waals surface area contributed by atoms with Crippen molar-refractivity contribution < 1.29 is 0 Å². The number of hydrogen-bond acceptors (Lipinski definition) is 2. The summed E-state index contributed by atoms with van der Waals surface area (Å²) in [6.45, 7) is 10.1. The molecule has 0 radical (unpaired) electrons. The molecule has 0 bridgehead atoms. The summed E-state index contributed by atoms with van der Waals surface area (Å²) in [5.41, 5.74) is 6.48. The molecule has 1 rings (SSSR count). The van der Waals surface area contributed by atoms with Gasteiger partial charge in [-0.15, -0.1) is 0 Å². The van der Waals surface area contributed by atoms with Gasteiger partial charge in [0.05, 0.1) is 0 Å². The van der Waals surface area contributed by atoms with Crippen molar-refractivity contribution in [2.75, 3.05) is 13.6 Å². The molecule has 0 aromatic rings. The van der Waals surface area contributed by atoms with Crippen molar-refractivity contribution in [1.29, 1.82) is 0 Å². The number of nitrogens with two attached hydrogens (primary N) is 1. The predicted molar refractivity (Wildman–Crippen MR) is 71.5 cm³/mol. The van der Waals surface area contributed by atoms with Gasteiger partial charge in [-0.25, -0.2) is 0 Å². The van der Waals surface area contributed by atoms with Crippen LogP contribution in [0.1, 0.15) is 53.4 Å². The minimum absolute atomic E-state index is 0.214. The van der Waals surface area contributed by atoms with Gasteiger partial charge in [-0.1, -0.05) is 40.5 Å². The Bertz CT molecular complexity index is 207. The summed E-state index contributed by atoms with van der Waals surface area (Å²) < 4.78 is 0. The Kier molecular flexibility index (Phi) is 4.81. The molecule has 16 heavy (non-hydrogen) atoms. The van der Waals surface area contributed by atoms with Crippen molar-refractivity contribution in [3.8, 4) is 0 Å². The third-order valence-electron chi connectivity index (χ3n) is 4.23. The monoisotopic (exact) mass is 226 g/mol. The highest BCUT2D eigenvalue weighted by Gasteiger charge is 2.28. The second kappa shape index (κ2) is 5.50. The molecule has 1 saturated carbocycles. The van der Waals surface area contributed by atoms with Crippen molar-refractivity contribution in [2.45, 2.75) is 65.5 Å². The first-order chi connectivity index (χ1) is 7.32. The van der Waals surface area contributed by atoms with Gasteiger partial charge in [0.25, 0.3) is 0 Å². The second-order valence-corrected chi connectivity index (χ2v) is 6.74. The van der Waals surface area contributed by atoms with Crippen molar-refractivity contribution in [3.05, 3.63) is 0 Å². The van der Waals surface area contributed by atoms with Gasteiger partial charge in [-0.2, -0.15) is 0 Å². The van der Waals surface area contributed by atoms with Crippen LogP contribution in [0.5, 0.6) is 0 Å². The number of nitrogens with zero attached hydrogens (tertiary/aromatic N) is 1. The maximum atomic E-state index is 6.26. The zero-order valence-electron chi connectivity index (χ0n) is 11.8. The number of likely N-dealkylation sites (N-methyl/N-ethyl adjacent to an activating group) is 1. The minimum Gasteiger partial charge on any atom is -0.326 e. The van der Waals surface area contributed by atoms with E-state index in [9.17, 15) is 0 Å². The Labute approximate surface area is 102 Å². The molecule has 2 N–H and O–H groups in total. The van der Waals surface area contributed by atoms with E-state index in [1.807, 2.05) is 0 Å². The summed E-state index contributed by atoms with van der Waals surface area (Å²) in [5.74, 6) is 0.839. The molecule has 0 spiro atoms. The zero-order valence-corrected chi connectivity index (χ0v) is 11.8. The largest absolute Gasteiger partial charge is 0.326 e. The molecule has 0 amide bonds. The highest BCUT2D eigenvalue weighted by Crippen LogP contribution is 2.28. The van der Waals surface area contributed by atoms with Crippen LogP contribution in [0.15, 0.2) is 0 Å². The van der Waals surface area contributed by atoms with E-state index in [4.69, 9.17) is 5.73 Å². The van der Waals surface area contributed by atoms with Gasteiger partial charge < -0.3 is 10.6 Å². The van der Waals surface area contributed by atoms with E-state index < -0.39 is 0 Å². The van der Waals surface area contributed by atoms with Gasteiger partial charge in [0.1, 0.15) is 0 Å². The first-order valence-electron chi connectivity index (χ1n) is 6.78. The Morgan fingerprint density at radius 2 is 1.81 bits per heavy atom. The summed E-state index contributed by atoms with van der Waals surface area (Å²) in [6, 6.07) is 1.02. The summed E-state index contributed by atoms with van der Waals surface area (Å²) in [6.07, 6.45) is 5.55. The van der Waals surface area contributed by atoms with Crippen molar-refractivity contribution in [1.82, 2.24) is 4.90 Å². The van der Waals surface area contributed by atoms with Crippen LogP contribution in [0.25, 0.3) is 0 Å². The van der Waals surface area contributed by atoms with Crippen molar-refractivity contribution in [2.24, 2.45) is 17.1 Å². The first kappa shape index (κ1) is 14.0. The van der Waals surface area contributed by atoms with Gasteiger partial charge in [0.15, 0.2) is 0 Å². The fourth-order valence-corrected chi connectivity index (χ4v) is 2.67. The van der Waals surface area contributed by atoms with E-state index in [1.54, 1.807) is 0 Å². The Morgan fingerprint density at radius 1 is 1.25 bits per heavy atom. The molecule has 1 aliphatic carbocycles.